The van der Waals surface area contributed by atoms with Crippen molar-refractivity contribution in [2.24, 2.45) is 5.73 Å². The molecule has 0 aliphatic rings. The van der Waals surface area contributed by atoms with Crippen LogP contribution in [0, 0.1) is 0 Å². The quantitative estimate of drug-likeness (QED) is 0.761. The molecule has 0 radical (unpaired) electrons. The van der Waals surface area contributed by atoms with Gasteiger partial charge in [-0.3, -0.25) is 4.79 Å². The molecule has 88 valence electrons. The van der Waals surface area contributed by atoms with Gasteiger partial charge in [0.1, 0.15) is 5.75 Å². The zero-order valence-electron chi connectivity index (χ0n) is 8.48. The van der Waals surface area contributed by atoms with Gasteiger partial charge in [0.15, 0.2) is 6.04 Å². The average Bonchev–Trinajstić information content (AvgIpc) is 2.27. The summed E-state index contributed by atoms with van der Waals surface area (Å²) in [7, 11) is 0.981. The average molecular weight is 231 g/mol. The van der Waals surface area contributed by atoms with Crippen LogP contribution in [-0.4, -0.2) is 24.2 Å². The number of aromatic hydroxyl groups is 1. The first-order chi connectivity index (χ1) is 7.39. The number of esters is 1. The molecule has 0 bridgehead atoms. The summed E-state index contributed by atoms with van der Waals surface area (Å²) in [5.41, 5.74) is 4.63. The van der Waals surface area contributed by atoms with E-state index in [-0.39, 0.29) is 5.75 Å². The van der Waals surface area contributed by atoms with Crippen molar-refractivity contribution >= 4 is 5.97 Å². The third-order valence-corrected chi connectivity index (χ3v) is 2.10. The Bertz CT molecular complexity index is 378. The molecule has 6 heteroatoms. The molecule has 0 aromatic heterocycles. The number of halogens is 2. The van der Waals surface area contributed by atoms with E-state index in [0.29, 0.717) is 0 Å². The van der Waals surface area contributed by atoms with Crippen LogP contribution in [0.5, 0.6) is 5.75 Å². The van der Waals surface area contributed by atoms with Gasteiger partial charge < -0.3 is 15.6 Å². The van der Waals surface area contributed by atoms with Gasteiger partial charge in [0.2, 0.25) is 0 Å². The first-order valence-corrected chi connectivity index (χ1v) is 4.40. The highest BCUT2D eigenvalue weighted by Gasteiger charge is 2.44. The van der Waals surface area contributed by atoms with Crippen LogP contribution in [0.25, 0.3) is 0 Å². The van der Waals surface area contributed by atoms with Gasteiger partial charge in [0.05, 0.1) is 7.11 Å². The maximum atomic E-state index is 13.6. The van der Waals surface area contributed by atoms with Crippen molar-refractivity contribution in [1.82, 2.24) is 0 Å². The van der Waals surface area contributed by atoms with E-state index in [0.717, 1.165) is 31.4 Å². The second kappa shape index (κ2) is 4.44. The predicted molar refractivity (Wildman–Crippen MR) is 52.0 cm³/mol. The molecule has 1 unspecified atom stereocenters. The highest BCUT2D eigenvalue weighted by atomic mass is 19.3. The number of phenolic OH excluding ortho intramolecular Hbond substituents is 1. The standard InChI is InChI=1S/C10H11F2NO3/c1-16-9(15)8(13)10(11,12)6-2-4-7(14)5-3-6/h2-5,8,14H,13H2,1H3. The number of ether oxygens (including phenoxy) is 1. The second-order valence-electron chi connectivity index (χ2n) is 3.17. The fourth-order valence-electron chi connectivity index (χ4n) is 1.14. The Morgan fingerprint density at radius 1 is 1.44 bits per heavy atom. The van der Waals surface area contributed by atoms with Crippen molar-refractivity contribution in [3.05, 3.63) is 29.8 Å². The molecular formula is C10H11F2NO3. The van der Waals surface area contributed by atoms with E-state index >= 15 is 0 Å². The number of benzene rings is 1. The molecule has 4 nitrogen and oxygen atoms in total. The number of methoxy groups -OCH3 is 1. The van der Waals surface area contributed by atoms with Gasteiger partial charge in [-0.15, -0.1) is 0 Å². The Hall–Kier alpha value is -1.69. The van der Waals surface area contributed by atoms with Crippen LogP contribution in [0.2, 0.25) is 0 Å². The maximum Gasteiger partial charge on any atom is 0.329 e. The molecule has 16 heavy (non-hydrogen) atoms. The lowest BCUT2D eigenvalue weighted by Crippen LogP contribution is -2.45. The Morgan fingerprint density at radius 2 is 1.94 bits per heavy atom. The van der Waals surface area contributed by atoms with E-state index in [9.17, 15) is 13.6 Å². The normalized spacial score (nSPS) is 13.2. The molecule has 3 N–H and O–H groups in total. The minimum atomic E-state index is -3.54. The SMILES string of the molecule is COC(=O)C(N)C(F)(F)c1ccc(O)cc1. The lowest BCUT2D eigenvalue weighted by molar-refractivity contribution is -0.153. The summed E-state index contributed by atoms with van der Waals surface area (Å²) in [5, 5.41) is 8.95. The van der Waals surface area contributed by atoms with Crippen LogP contribution >= 0.6 is 0 Å². The molecule has 0 spiro atoms. The molecule has 1 atom stereocenters. The van der Waals surface area contributed by atoms with Crippen molar-refractivity contribution in [2.75, 3.05) is 7.11 Å². The van der Waals surface area contributed by atoms with E-state index in [1.54, 1.807) is 0 Å². The number of carbonyl (C=O) groups excluding carboxylic acids is 1. The lowest BCUT2D eigenvalue weighted by atomic mass is 10.0. The first kappa shape index (κ1) is 12.4. The molecule has 0 amide bonds. The van der Waals surface area contributed by atoms with Gasteiger partial charge in [-0.05, 0) is 24.3 Å². The number of rotatable bonds is 3. The monoisotopic (exact) mass is 231 g/mol. The van der Waals surface area contributed by atoms with E-state index in [4.69, 9.17) is 10.8 Å². The lowest BCUT2D eigenvalue weighted by Gasteiger charge is -2.21. The molecule has 0 saturated carbocycles. The maximum absolute atomic E-state index is 13.6. The second-order valence-corrected chi connectivity index (χ2v) is 3.17. The Balaban J connectivity index is 3.01. The summed E-state index contributed by atoms with van der Waals surface area (Å²) in [6.07, 6.45) is 0. The van der Waals surface area contributed by atoms with Crippen molar-refractivity contribution in [3.8, 4) is 5.75 Å². The van der Waals surface area contributed by atoms with Gasteiger partial charge in [0.25, 0.3) is 5.92 Å². The Labute approximate surface area is 90.6 Å². The third-order valence-electron chi connectivity index (χ3n) is 2.10. The van der Waals surface area contributed by atoms with E-state index in [1.807, 2.05) is 0 Å². The summed E-state index contributed by atoms with van der Waals surface area (Å²) in [6, 6.07) is 2.11. The summed E-state index contributed by atoms with van der Waals surface area (Å²) in [6.45, 7) is 0. The zero-order valence-corrected chi connectivity index (χ0v) is 8.48. The van der Waals surface area contributed by atoms with Gasteiger partial charge in [0, 0.05) is 5.56 Å². The van der Waals surface area contributed by atoms with Crippen molar-refractivity contribution in [2.45, 2.75) is 12.0 Å². The molecule has 0 fully saturated rings. The fourth-order valence-corrected chi connectivity index (χ4v) is 1.14. The number of nitrogens with two attached hydrogens (primary N) is 1. The highest BCUT2D eigenvalue weighted by molar-refractivity contribution is 5.77. The fraction of sp³-hybridized carbons (Fsp3) is 0.300. The van der Waals surface area contributed by atoms with Crippen LogP contribution < -0.4 is 5.73 Å². The summed E-state index contributed by atoms with van der Waals surface area (Å²) in [4.78, 5) is 10.9. The van der Waals surface area contributed by atoms with Gasteiger partial charge in [-0.2, -0.15) is 8.78 Å². The molecular weight excluding hydrogens is 220 g/mol. The van der Waals surface area contributed by atoms with Crippen LogP contribution in [0.4, 0.5) is 8.78 Å². The molecule has 1 rings (SSSR count). The molecule has 0 heterocycles. The van der Waals surface area contributed by atoms with Crippen LogP contribution in [-0.2, 0) is 15.5 Å². The number of hydrogen-bond acceptors (Lipinski definition) is 4. The number of hydrogen-bond donors (Lipinski definition) is 2. The Morgan fingerprint density at radius 3 is 2.38 bits per heavy atom. The van der Waals surface area contributed by atoms with Crippen LogP contribution in [0.1, 0.15) is 5.56 Å². The zero-order chi connectivity index (χ0) is 12.3. The van der Waals surface area contributed by atoms with Crippen molar-refractivity contribution < 1.29 is 23.4 Å². The minimum Gasteiger partial charge on any atom is -0.508 e. The molecule has 0 aliphatic carbocycles. The minimum absolute atomic E-state index is 0.147. The van der Waals surface area contributed by atoms with Crippen LogP contribution in [0.3, 0.4) is 0 Å². The van der Waals surface area contributed by atoms with Crippen LogP contribution in [0.15, 0.2) is 24.3 Å². The summed E-state index contributed by atoms with van der Waals surface area (Å²) in [5.74, 6) is -4.88. The first-order valence-electron chi connectivity index (χ1n) is 4.40. The number of carbonyl (C=O) groups is 1. The highest BCUT2D eigenvalue weighted by Crippen LogP contribution is 2.32. The largest absolute Gasteiger partial charge is 0.508 e. The topological polar surface area (TPSA) is 72.5 Å². The van der Waals surface area contributed by atoms with E-state index in [1.165, 1.54) is 0 Å². The van der Waals surface area contributed by atoms with E-state index < -0.39 is 23.5 Å². The van der Waals surface area contributed by atoms with Crippen molar-refractivity contribution in [3.63, 3.8) is 0 Å². The molecule has 0 saturated heterocycles. The van der Waals surface area contributed by atoms with Gasteiger partial charge in [-0.25, -0.2) is 0 Å². The van der Waals surface area contributed by atoms with Gasteiger partial charge >= 0.3 is 5.97 Å². The number of phenols is 1. The summed E-state index contributed by atoms with van der Waals surface area (Å²) >= 11 is 0. The van der Waals surface area contributed by atoms with Crippen molar-refractivity contribution in [1.29, 1.82) is 0 Å². The van der Waals surface area contributed by atoms with E-state index in [2.05, 4.69) is 4.74 Å². The Kier molecular flexibility index (Phi) is 3.44. The number of alkyl halides is 2. The smallest absolute Gasteiger partial charge is 0.329 e. The third kappa shape index (κ3) is 2.27. The molecule has 1 aromatic rings. The van der Waals surface area contributed by atoms with Gasteiger partial charge in [-0.1, -0.05) is 0 Å². The predicted octanol–water partition coefficient (Wildman–Crippen LogP) is 0.984. The molecule has 1 aromatic carbocycles. The molecule has 0 aliphatic heterocycles. The summed E-state index contributed by atoms with van der Waals surface area (Å²) < 4.78 is 31.4.